The lowest BCUT2D eigenvalue weighted by molar-refractivity contribution is 0.251. The van der Waals surface area contributed by atoms with Crippen LogP contribution in [0.25, 0.3) is 0 Å². The maximum atomic E-state index is 11.8. The first-order chi connectivity index (χ1) is 9.15. The van der Waals surface area contributed by atoms with Crippen molar-refractivity contribution < 1.29 is 4.79 Å². The van der Waals surface area contributed by atoms with E-state index in [1.807, 2.05) is 55.5 Å². The van der Waals surface area contributed by atoms with Crippen molar-refractivity contribution in [3.8, 4) is 0 Å². The Hall–Kier alpha value is -1.81. The van der Waals surface area contributed by atoms with Crippen molar-refractivity contribution in [2.45, 2.75) is 13.5 Å². The average Bonchev–Trinajstić information content (AvgIpc) is 2.39. The number of amides is 2. The zero-order valence-corrected chi connectivity index (χ0v) is 12.2. The lowest BCUT2D eigenvalue weighted by Gasteiger charge is -2.09. The molecule has 19 heavy (non-hydrogen) atoms. The van der Waals surface area contributed by atoms with Gasteiger partial charge >= 0.3 is 6.03 Å². The maximum Gasteiger partial charge on any atom is 0.319 e. The second-order valence-electron chi connectivity index (χ2n) is 4.25. The van der Waals surface area contributed by atoms with Crippen molar-refractivity contribution in [2.24, 2.45) is 0 Å². The molecule has 0 radical (unpaired) electrons. The molecule has 2 rings (SSSR count). The summed E-state index contributed by atoms with van der Waals surface area (Å²) in [5, 5.41) is 5.66. The minimum atomic E-state index is -0.200. The van der Waals surface area contributed by atoms with Gasteiger partial charge in [0.15, 0.2) is 0 Å². The highest BCUT2D eigenvalue weighted by atomic mass is 79.9. The molecule has 0 aliphatic carbocycles. The molecular weight excluding hydrogens is 304 g/mol. The molecule has 0 saturated carbocycles. The van der Waals surface area contributed by atoms with Gasteiger partial charge in [-0.3, -0.25) is 0 Å². The van der Waals surface area contributed by atoms with Crippen molar-refractivity contribution in [3.05, 3.63) is 64.1 Å². The molecule has 2 amide bonds. The summed E-state index contributed by atoms with van der Waals surface area (Å²) in [6.45, 7) is 2.46. The van der Waals surface area contributed by atoms with Gasteiger partial charge in [-0.25, -0.2) is 4.79 Å². The number of anilines is 1. The molecule has 0 heterocycles. The summed E-state index contributed by atoms with van der Waals surface area (Å²) in [6.07, 6.45) is 0. The van der Waals surface area contributed by atoms with Crippen LogP contribution in [-0.4, -0.2) is 6.03 Å². The molecule has 0 spiro atoms. The number of hydrogen-bond acceptors (Lipinski definition) is 1. The van der Waals surface area contributed by atoms with E-state index >= 15 is 0 Å². The van der Waals surface area contributed by atoms with Gasteiger partial charge in [0, 0.05) is 16.7 Å². The Balaban J connectivity index is 1.90. The van der Waals surface area contributed by atoms with E-state index in [4.69, 9.17) is 0 Å². The number of carbonyl (C=O) groups excluding carboxylic acids is 1. The molecule has 2 N–H and O–H groups in total. The molecule has 0 fully saturated rings. The molecule has 2 aromatic carbocycles. The lowest BCUT2D eigenvalue weighted by Crippen LogP contribution is -2.28. The van der Waals surface area contributed by atoms with Crippen LogP contribution >= 0.6 is 15.9 Å². The van der Waals surface area contributed by atoms with Gasteiger partial charge in [-0.15, -0.1) is 0 Å². The number of urea groups is 1. The fourth-order valence-electron chi connectivity index (χ4n) is 1.71. The summed E-state index contributed by atoms with van der Waals surface area (Å²) < 4.78 is 1.01. The molecule has 2 aromatic rings. The van der Waals surface area contributed by atoms with E-state index in [9.17, 15) is 4.79 Å². The monoisotopic (exact) mass is 318 g/mol. The molecule has 0 unspecified atom stereocenters. The summed E-state index contributed by atoms with van der Waals surface area (Å²) in [4.78, 5) is 11.8. The van der Waals surface area contributed by atoms with E-state index in [1.54, 1.807) is 0 Å². The van der Waals surface area contributed by atoms with Gasteiger partial charge in [0.2, 0.25) is 0 Å². The molecule has 0 saturated heterocycles. The van der Waals surface area contributed by atoms with E-state index < -0.39 is 0 Å². The minimum absolute atomic E-state index is 0.200. The van der Waals surface area contributed by atoms with Gasteiger partial charge in [0.1, 0.15) is 0 Å². The van der Waals surface area contributed by atoms with Gasteiger partial charge in [-0.05, 0) is 36.2 Å². The molecule has 0 aliphatic heterocycles. The molecule has 0 aliphatic rings. The lowest BCUT2D eigenvalue weighted by atomic mass is 10.2. The zero-order valence-electron chi connectivity index (χ0n) is 10.6. The van der Waals surface area contributed by atoms with Crippen LogP contribution < -0.4 is 10.6 Å². The molecule has 0 atom stereocenters. The maximum absolute atomic E-state index is 11.8. The largest absolute Gasteiger partial charge is 0.334 e. The number of halogens is 1. The highest BCUT2D eigenvalue weighted by molar-refractivity contribution is 9.10. The molecule has 4 heteroatoms. The fourth-order valence-corrected chi connectivity index (χ4v) is 2.16. The van der Waals surface area contributed by atoms with Crippen LogP contribution in [0.4, 0.5) is 10.5 Å². The molecule has 0 aromatic heterocycles. The van der Waals surface area contributed by atoms with Crippen molar-refractivity contribution >= 4 is 27.6 Å². The van der Waals surface area contributed by atoms with Crippen LogP contribution in [0.15, 0.2) is 53.0 Å². The van der Waals surface area contributed by atoms with Crippen LogP contribution in [0.5, 0.6) is 0 Å². The van der Waals surface area contributed by atoms with Gasteiger partial charge in [-0.2, -0.15) is 0 Å². The van der Waals surface area contributed by atoms with E-state index in [2.05, 4.69) is 26.6 Å². The summed E-state index contributed by atoms with van der Waals surface area (Å²) in [6, 6.07) is 15.3. The average molecular weight is 319 g/mol. The molecule has 3 nitrogen and oxygen atoms in total. The fraction of sp³-hybridized carbons (Fsp3) is 0.133. The van der Waals surface area contributed by atoms with Crippen LogP contribution in [-0.2, 0) is 6.54 Å². The topological polar surface area (TPSA) is 41.1 Å². The molecule has 98 valence electrons. The van der Waals surface area contributed by atoms with Crippen LogP contribution in [0.3, 0.4) is 0 Å². The summed E-state index contributed by atoms with van der Waals surface area (Å²) in [5.41, 5.74) is 2.92. The quantitative estimate of drug-likeness (QED) is 0.879. The first-order valence-corrected chi connectivity index (χ1v) is 6.79. The van der Waals surface area contributed by atoms with Gasteiger partial charge in [-0.1, -0.05) is 46.3 Å². The Labute approximate surface area is 121 Å². The number of aryl methyl sites for hydroxylation is 1. The van der Waals surface area contributed by atoms with E-state index in [-0.39, 0.29) is 6.03 Å². The number of benzene rings is 2. The van der Waals surface area contributed by atoms with Crippen molar-refractivity contribution in [1.29, 1.82) is 0 Å². The number of hydrogen-bond donors (Lipinski definition) is 2. The predicted molar refractivity (Wildman–Crippen MR) is 81.2 cm³/mol. The Morgan fingerprint density at radius 1 is 1.16 bits per heavy atom. The summed E-state index contributed by atoms with van der Waals surface area (Å²) in [5.74, 6) is 0. The number of nitrogens with one attached hydrogen (secondary N) is 2. The Kier molecular flexibility index (Phi) is 4.58. The summed E-state index contributed by atoms with van der Waals surface area (Å²) in [7, 11) is 0. The number of carbonyl (C=O) groups is 1. The van der Waals surface area contributed by atoms with Crippen molar-refractivity contribution in [3.63, 3.8) is 0 Å². The standard InChI is InChI=1S/C15H15BrN2O/c1-11-5-2-3-8-14(11)18-15(19)17-10-12-6-4-7-13(16)9-12/h2-9H,10H2,1H3,(H2,17,18,19). The van der Waals surface area contributed by atoms with E-state index in [1.165, 1.54) is 0 Å². The predicted octanol–water partition coefficient (Wildman–Crippen LogP) is 4.08. The number of para-hydroxylation sites is 1. The smallest absolute Gasteiger partial charge is 0.319 e. The third-order valence-electron chi connectivity index (χ3n) is 2.74. The van der Waals surface area contributed by atoms with Crippen LogP contribution in [0, 0.1) is 6.92 Å². The number of rotatable bonds is 3. The van der Waals surface area contributed by atoms with Crippen LogP contribution in [0.1, 0.15) is 11.1 Å². The third kappa shape index (κ3) is 4.10. The first-order valence-electron chi connectivity index (χ1n) is 6.00. The van der Waals surface area contributed by atoms with Gasteiger partial charge in [0.25, 0.3) is 0 Å². The second-order valence-corrected chi connectivity index (χ2v) is 5.17. The SMILES string of the molecule is Cc1ccccc1NC(=O)NCc1cccc(Br)c1. The molecule has 0 bridgehead atoms. The Morgan fingerprint density at radius 3 is 2.68 bits per heavy atom. The van der Waals surface area contributed by atoms with E-state index in [0.717, 1.165) is 21.3 Å². The van der Waals surface area contributed by atoms with Gasteiger partial charge in [0.05, 0.1) is 0 Å². The van der Waals surface area contributed by atoms with Crippen molar-refractivity contribution in [2.75, 3.05) is 5.32 Å². The Bertz CT molecular complexity index is 584. The van der Waals surface area contributed by atoms with Gasteiger partial charge < -0.3 is 10.6 Å². The van der Waals surface area contributed by atoms with Crippen molar-refractivity contribution in [1.82, 2.24) is 5.32 Å². The van der Waals surface area contributed by atoms with E-state index in [0.29, 0.717) is 6.54 Å². The third-order valence-corrected chi connectivity index (χ3v) is 3.23. The highest BCUT2D eigenvalue weighted by Crippen LogP contribution is 2.13. The normalized spacial score (nSPS) is 10.0. The summed E-state index contributed by atoms with van der Waals surface area (Å²) >= 11 is 3.40. The Morgan fingerprint density at radius 2 is 1.95 bits per heavy atom. The minimum Gasteiger partial charge on any atom is -0.334 e. The highest BCUT2D eigenvalue weighted by Gasteiger charge is 2.03. The van der Waals surface area contributed by atoms with Crippen LogP contribution in [0.2, 0.25) is 0 Å². The second kappa shape index (κ2) is 6.38. The molecular formula is C15H15BrN2O. The zero-order chi connectivity index (χ0) is 13.7. The first kappa shape index (κ1) is 13.6.